The van der Waals surface area contributed by atoms with Crippen molar-refractivity contribution < 1.29 is 23.0 Å². The first-order chi connectivity index (χ1) is 16.0. The highest BCUT2D eigenvalue weighted by Gasteiger charge is 2.29. The molecular formula is C26H26F2N2O3. The number of nitrogens with zero attached hydrogens (tertiary/aromatic N) is 2. The van der Waals surface area contributed by atoms with Crippen molar-refractivity contribution in [2.45, 2.75) is 6.04 Å². The molecule has 1 aliphatic heterocycles. The Morgan fingerprint density at radius 2 is 1.33 bits per heavy atom. The second kappa shape index (κ2) is 10.0. The van der Waals surface area contributed by atoms with E-state index in [1.54, 1.807) is 54.5 Å². The minimum Gasteiger partial charge on any atom is -0.497 e. The summed E-state index contributed by atoms with van der Waals surface area (Å²) < 4.78 is 37.7. The maximum atomic E-state index is 13.5. The minimum absolute atomic E-state index is 0.103. The molecule has 0 aliphatic carbocycles. The Balaban J connectivity index is 1.53. The van der Waals surface area contributed by atoms with E-state index in [2.05, 4.69) is 4.90 Å². The largest absolute Gasteiger partial charge is 0.497 e. The average Bonchev–Trinajstić information content (AvgIpc) is 2.86. The van der Waals surface area contributed by atoms with Gasteiger partial charge in [-0.25, -0.2) is 8.78 Å². The number of carbonyl (C=O) groups is 1. The Morgan fingerprint density at radius 1 is 0.788 bits per heavy atom. The quantitative estimate of drug-likeness (QED) is 0.551. The fraction of sp³-hybridized carbons (Fsp3) is 0.269. The Kier molecular flexibility index (Phi) is 6.89. The number of ether oxygens (including phenoxy) is 2. The topological polar surface area (TPSA) is 42.0 Å². The van der Waals surface area contributed by atoms with Crippen LogP contribution in [0.1, 0.15) is 27.5 Å². The van der Waals surface area contributed by atoms with Gasteiger partial charge in [-0.2, -0.15) is 0 Å². The number of hydrogen-bond donors (Lipinski definition) is 0. The summed E-state index contributed by atoms with van der Waals surface area (Å²) in [6.07, 6.45) is 0. The van der Waals surface area contributed by atoms with Crippen LogP contribution >= 0.6 is 0 Å². The van der Waals surface area contributed by atoms with Gasteiger partial charge in [-0.05, 0) is 47.5 Å². The van der Waals surface area contributed by atoms with Crippen molar-refractivity contribution in [3.8, 4) is 11.5 Å². The van der Waals surface area contributed by atoms with Gasteiger partial charge in [0.05, 0.1) is 25.8 Å². The number of carbonyl (C=O) groups excluding carboxylic acids is 1. The van der Waals surface area contributed by atoms with Crippen LogP contribution < -0.4 is 9.47 Å². The zero-order chi connectivity index (χ0) is 23.4. The van der Waals surface area contributed by atoms with Crippen LogP contribution in [0.15, 0.2) is 66.7 Å². The Bertz CT molecular complexity index is 1050. The molecule has 5 nitrogen and oxygen atoms in total. The van der Waals surface area contributed by atoms with E-state index in [1.807, 2.05) is 0 Å². The van der Waals surface area contributed by atoms with E-state index in [-0.39, 0.29) is 23.6 Å². The minimum atomic E-state index is -0.305. The molecule has 4 rings (SSSR count). The highest BCUT2D eigenvalue weighted by molar-refractivity contribution is 5.97. The summed E-state index contributed by atoms with van der Waals surface area (Å²) in [5.74, 6) is 0.377. The van der Waals surface area contributed by atoms with Gasteiger partial charge in [0.1, 0.15) is 23.1 Å². The molecule has 1 amide bonds. The number of benzene rings is 3. The number of halogens is 2. The Hall–Kier alpha value is -3.45. The van der Waals surface area contributed by atoms with E-state index < -0.39 is 0 Å². The van der Waals surface area contributed by atoms with Crippen LogP contribution in [-0.2, 0) is 0 Å². The van der Waals surface area contributed by atoms with E-state index in [0.29, 0.717) is 43.2 Å². The lowest BCUT2D eigenvalue weighted by atomic mass is 9.96. The second-order valence-corrected chi connectivity index (χ2v) is 7.90. The van der Waals surface area contributed by atoms with Crippen molar-refractivity contribution in [3.05, 3.63) is 95.1 Å². The molecule has 3 aromatic carbocycles. The van der Waals surface area contributed by atoms with E-state index in [4.69, 9.17) is 9.47 Å². The molecule has 0 unspecified atom stereocenters. The van der Waals surface area contributed by atoms with Gasteiger partial charge in [-0.15, -0.1) is 0 Å². The first kappa shape index (κ1) is 22.7. The van der Waals surface area contributed by atoms with Crippen LogP contribution in [0.5, 0.6) is 11.5 Å². The fourth-order valence-corrected chi connectivity index (χ4v) is 4.23. The molecule has 0 aromatic heterocycles. The summed E-state index contributed by atoms with van der Waals surface area (Å²) in [7, 11) is 3.09. The zero-order valence-corrected chi connectivity index (χ0v) is 18.6. The van der Waals surface area contributed by atoms with Crippen LogP contribution in [0.25, 0.3) is 0 Å². The van der Waals surface area contributed by atoms with Crippen molar-refractivity contribution in [1.82, 2.24) is 9.80 Å². The van der Waals surface area contributed by atoms with Crippen molar-refractivity contribution in [2.24, 2.45) is 0 Å². The lowest BCUT2D eigenvalue weighted by Gasteiger charge is -2.40. The molecule has 0 radical (unpaired) electrons. The van der Waals surface area contributed by atoms with Gasteiger partial charge in [0.2, 0.25) is 0 Å². The average molecular weight is 453 g/mol. The van der Waals surface area contributed by atoms with Crippen molar-refractivity contribution in [2.75, 3.05) is 40.4 Å². The van der Waals surface area contributed by atoms with E-state index in [1.165, 1.54) is 31.4 Å². The lowest BCUT2D eigenvalue weighted by molar-refractivity contribution is 0.0594. The van der Waals surface area contributed by atoms with Crippen molar-refractivity contribution >= 4 is 5.91 Å². The summed E-state index contributed by atoms with van der Waals surface area (Å²) in [6.45, 7) is 2.27. The molecule has 1 fully saturated rings. The van der Waals surface area contributed by atoms with E-state index >= 15 is 0 Å². The zero-order valence-electron chi connectivity index (χ0n) is 18.6. The highest BCUT2D eigenvalue weighted by atomic mass is 19.1. The SMILES string of the molecule is COc1ccc(C(=O)N2CCN(C(c3ccc(F)cc3)c3ccc(F)cc3)CC2)c(OC)c1. The molecule has 172 valence electrons. The first-order valence-corrected chi connectivity index (χ1v) is 10.8. The monoisotopic (exact) mass is 452 g/mol. The first-order valence-electron chi connectivity index (χ1n) is 10.8. The molecule has 0 atom stereocenters. The van der Waals surface area contributed by atoms with Gasteiger partial charge in [0.25, 0.3) is 5.91 Å². The molecule has 0 spiro atoms. The van der Waals surface area contributed by atoms with Crippen molar-refractivity contribution in [1.29, 1.82) is 0 Å². The fourth-order valence-electron chi connectivity index (χ4n) is 4.23. The van der Waals surface area contributed by atoms with Crippen LogP contribution in [0.4, 0.5) is 8.78 Å². The second-order valence-electron chi connectivity index (χ2n) is 7.90. The molecule has 0 N–H and O–H groups in total. The third-order valence-electron chi connectivity index (χ3n) is 5.98. The molecule has 7 heteroatoms. The standard InChI is InChI=1S/C26H26F2N2O3/c1-32-22-11-12-23(24(17-22)33-2)26(31)30-15-13-29(14-16-30)25(18-3-7-20(27)8-4-18)19-5-9-21(28)10-6-19/h3-12,17,25H,13-16H2,1-2H3. The molecule has 33 heavy (non-hydrogen) atoms. The van der Waals surface area contributed by atoms with Crippen LogP contribution in [0.2, 0.25) is 0 Å². The normalized spacial score (nSPS) is 14.4. The highest BCUT2D eigenvalue weighted by Crippen LogP contribution is 2.31. The smallest absolute Gasteiger partial charge is 0.257 e. The summed E-state index contributed by atoms with van der Waals surface area (Å²) >= 11 is 0. The van der Waals surface area contributed by atoms with Crippen LogP contribution in [0.3, 0.4) is 0 Å². The molecule has 0 bridgehead atoms. The number of rotatable bonds is 6. The van der Waals surface area contributed by atoms with Gasteiger partial charge in [-0.1, -0.05) is 24.3 Å². The molecular weight excluding hydrogens is 426 g/mol. The third-order valence-corrected chi connectivity index (χ3v) is 5.98. The molecule has 0 saturated carbocycles. The Morgan fingerprint density at radius 3 is 1.82 bits per heavy atom. The van der Waals surface area contributed by atoms with Gasteiger partial charge in [-0.3, -0.25) is 9.69 Å². The van der Waals surface area contributed by atoms with Gasteiger partial charge in [0.15, 0.2) is 0 Å². The number of amides is 1. The van der Waals surface area contributed by atoms with Gasteiger partial charge < -0.3 is 14.4 Å². The Labute approximate surface area is 192 Å². The number of piperazine rings is 1. The summed E-state index contributed by atoms with van der Waals surface area (Å²) in [5, 5.41) is 0. The number of methoxy groups -OCH3 is 2. The lowest BCUT2D eigenvalue weighted by Crippen LogP contribution is -2.49. The summed E-state index contributed by atoms with van der Waals surface area (Å²) in [5.41, 5.74) is 2.32. The van der Waals surface area contributed by atoms with Gasteiger partial charge >= 0.3 is 0 Å². The third kappa shape index (κ3) is 4.98. The van der Waals surface area contributed by atoms with E-state index in [9.17, 15) is 13.6 Å². The van der Waals surface area contributed by atoms with E-state index in [0.717, 1.165) is 11.1 Å². The number of hydrogen-bond acceptors (Lipinski definition) is 4. The van der Waals surface area contributed by atoms with Crippen LogP contribution in [0, 0.1) is 11.6 Å². The molecule has 3 aromatic rings. The summed E-state index contributed by atoms with van der Waals surface area (Å²) in [6, 6.07) is 17.7. The van der Waals surface area contributed by atoms with Gasteiger partial charge in [0, 0.05) is 32.2 Å². The molecule has 1 heterocycles. The maximum absolute atomic E-state index is 13.5. The molecule has 1 saturated heterocycles. The maximum Gasteiger partial charge on any atom is 0.257 e. The molecule has 1 aliphatic rings. The van der Waals surface area contributed by atoms with Crippen LogP contribution in [-0.4, -0.2) is 56.1 Å². The predicted molar refractivity (Wildman–Crippen MR) is 122 cm³/mol. The summed E-state index contributed by atoms with van der Waals surface area (Å²) in [4.78, 5) is 17.2. The predicted octanol–water partition coefficient (Wildman–Crippen LogP) is 4.53. The van der Waals surface area contributed by atoms with Crippen molar-refractivity contribution in [3.63, 3.8) is 0 Å².